The minimum Gasteiger partial charge on any atom is -0.481 e. The molecule has 0 aliphatic carbocycles. The molecule has 0 amide bonds. The fourth-order valence-electron chi connectivity index (χ4n) is 3.17. The maximum atomic E-state index is 13.4. The van der Waals surface area contributed by atoms with E-state index in [4.69, 9.17) is 10.5 Å². The molecule has 282 valence electrons. The Morgan fingerprint density at radius 3 is 1.06 bits per heavy atom. The van der Waals surface area contributed by atoms with Gasteiger partial charge in [0.1, 0.15) is 0 Å². The molecule has 0 unspecified atom stereocenters. The highest BCUT2D eigenvalue weighted by Crippen LogP contribution is 2.66. The largest absolute Gasteiger partial charge is 0.481 e. The van der Waals surface area contributed by atoms with Gasteiger partial charge in [-0.15, -0.1) is 0 Å². The normalized spacial score (nSPS) is 14.9. The van der Waals surface area contributed by atoms with Gasteiger partial charge in [-0.25, -0.2) is 0 Å². The first-order chi connectivity index (χ1) is 20.4. The van der Waals surface area contributed by atoms with Crippen LogP contribution in [-0.4, -0.2) is 76.4 Å². The fraction of sp³-hybridized carbons (Fsp3) is 0.909. The average Bonchev–Trinajstić information content (AvgIpc) is 2.86. The molecule has 25 heteroatoms. The summed E-state index contributed by atoms with van der Waals surface area (Å²) in [7, 11) is 0. The lowest BCUT2D eigenvalue weighted by Crippen LogP contribution is -2.76. The van der Waals surface area contributed by atoms with E-state index in [0.717, 1.165) is 12.8 Å². The molecule has 0 aliphatic rings. The van der Waals surface area contributed by atoms with E-state index in [0.29, 0.717) is 6.42 Å². The standard InChI is InChI=1S/C12H5F21N2.C10H20O2/c13-3(14,1-2(34)35)4(15,16)5(17,18)6(19,20)7(21,22)8(23,24)9(25,26)10(27,28)11(29,30)12(31,32)33;1-2-3-4-5-6-7-8-9-10(11)12/h1H2,(H3,34,35);2-9H2,1H3,(H,11,12). The van der Waals surface area contributed by atoms with Crippen LogP contribution in [0, 0.1) is 5.41 Å². The van der Waals surface area contributed by atoms with Crippen molar-refractivity contribution in [3.05, 3.63) is 0 Å². The molecule has 0 aromatic heterocycles. The highest BCUT2D eigenvalue weighted by Gasteiger charge is 2.97. The van der Waals surface area contributed by atoms with Gasteiger partial charge in [0.25, 0.3) is 0 Å². The summed E-state index contributed by atoms with van der Waals surface area (Å²) in [6.07, 6.45) is -2.58. The molecule has 47 heavy (non-hydrogen) atoms. The Labute approximate surface area is 250 Å². The molecule has 0 heterocycles. The number of hydrogen-bond acceptors (Lipinski definition) is 2. The van der Waals surface area contributed by atoms with Crippen molar-refractivity contribution in [3.8, 4) is 0 Å². The smallest absolute Gasteiger partial charge is 0.460 e. The lowest BCUT2D eigenvalue weighted by molar-refractivity contribution is -0.474. The van der Waals surface area contributed by atoms with Gasteiger partial charge in [-0.2, -0.15) is 92.2 Å². The topological polar surface area (TPSA) is 87.2 Å². The van der Waals surface area contributed by atoms with Crippen LogP contribution < -0.4 is 5.73 Å². The summed E-state index contributed by atoms with van der Waals surface area (Å²) in [5.74, 6) is -80.3. The summed E-state index contributed by atoms with van der Waals surface area (Å²) in [5, 5.41) is 14.5. The van der Waals surface area contributed by atoms with E-state index >= 15 is 0 Å². The van der Waals surface area contributed by atoms with Gasteiger partial charge in [-0.1, -0.05) is 45.4 Å². The number of carboxylic acid groups (broad SMARTS) is 1. The van der Waals surface area contributed by atoms with Gasteiger partial charge in [-0.05, 0) is 6.42 Å². The fourth-order valence-corrected chi connectivity index (χ4v) is 3.17. The molecule has 0 bridgehead atoms. The van der Waals surface area contributed by atoms with Gasteiger partial charge in [0.2, 0.25) is 0 Å². The van der Waals surface area contributed by atoms with Crippen molar-refractivity contribution in [3.63, 3.8) is 0 Å². The van der Waals surface area contributed by atoms with Crippen LogP contribution >= 0.6 is 0 Å². The van der Waals surface area contributed by atoms with Gasteiger partial charge in [0, 0.05) is 6.42 Å². The highest BCUT2D eigenvalue weighted by atomic mass is 19.4. The maximum Gasteiger partial charge on any atom is 0.460 e. The maximum absolute atomic E-state index is 13.4. The molecule has 0 fully saturated rings. The average molecular weight is 748 g/mol. The first kappa shape index (κ1) is 46.6. The van der Waals surface area contributed by atoms with Crippen LogP contribution in [0.25, 0.3) is 0 Å². The van der Waals surface area contributed by atoms with Crippen LogP contribution in [0.5, 0.6) is 0 Å². The van der Waals surface area contributed by atoms with E-state index in [1.54, 1.807) is 0 Å². The van der Waals surface area contributed by atoms with Crippen molar-refractivity contribution in [2.45, 2.75) is 124 Å². The Balaban J connectivity index is 0. The van der Waals surface area contributed by atoms with Gasteiger partial charge in [0.15, 0.2) is 0 Å². The second-order valence-electron chi connectivity index (χ2n) is 9.76. The molecule has 0 saturated heterocycles. The summed E-state index contributed by atoms with van der Waals surface area (Å²) in [6.45, 7) is 2.20. The zero-order chi connectivity index (χ0) is 38.5. The number of carbonyl (C=O) groups is 1. The lowest BCUT2D eigenvalue weighted by atomic mass is 9.86. The van der Waals surface area contributed by atoms with Gasteiger partial charge in [-0.3, -0.25) is 10.2 Å². The highest BCUT2D eigenvalue weighted by molar-refractivity contribution is 5.77. The van der Waals surface area contributed by atoms with Gasteiger partial charge < -0.3 is 10.8 Å². The number of unbranched alkanes of at least 4 members (excludes halogenated alkanes) is 6. The molecule has 0 atom stereocenters. The van der Waals surface area contributed by atoms with Crippen molar-refractivity contribution in [1.29, 1.82) is 5.41 Å². The number of alkyl halides is 21. The molecule has 4 N–H and O–H groups in total. The molecular formula is C22H25F21N2O2. The predicted molar refractivity (Wildman–Crippen MR) is 117 cm³/mol. The molecular weight excluding hydrogens is 723 g/mol. The minimum atomic E-state index is -9.20. The molecule has 0 aliphatic heterocycles. The number of carboxylic acids is 1. The predicted octanol–water partition coefficient (Wildman–Crippen LogP) is 9.80. The number of nitrogens with two attached hydrogens (primary N) is 1. The first-order valence-corrected chi connectivity index (χ1v) is 12.5. The molecule has 4 nitrogen and oxygen atoms in total. The number of halogens is 21. The van der Waals surface area contributed by atoms with E-state index in [-0.39, 0.29) is 0 Å². The lowest BCUT2D eigenvalue weighted by Gasteiger charge is -2.44. The van der Waals surface area contributed by atoms with Crippen LogP contribution in [0.1, 0.15) is 64.7 Å². The second-order valence-corrected chi connectivity index (χ2v) is 9.76. The quantitative estimate of drug-likeness (QED) is 0.0565. The van der Waals surface area contributed by atoms with Crippen molar-refractivity contribution in [2.24, 2.45) is 5.73 Å². The Morgan fingerprint density at radius 1 is 0.511 bits per heavy atom. The molecule has 0 radical (unpaired) electrons. The number of rotatable bonds is 18. The van der Waals surface area contributed by atoms with E-state index < -0.39 is 77.7 Å². The molecule has 0 aromatic rings. The summed E-state index contributed by atoms with van der Waals surface area (Å²) in [4.78, 5) is 10.1. The third kappa shape index (κ3) is 8.74. The zero-order valence-corrected chi connectivity index (χ0v) is 23.2. The number of nitrogens with one attached hydrogen (secondary N) is 1. The Kier molecular flexibility index (Phi) is 14.8. The molecule has 0 rings (SSSR count). The monoisotopic (exact) mass is 748 g/mol. The third-order valence-corrected chi connectivity index (χ3v) is 5.98. The second kappa shape index (κ2) is 14.9. The van der Waals surface area contributed by atoms with E-state index in [1.807, 2.05) is 0 Å². The van der Waals surface area contributed by atoms with E-state index in [1.165, 1.54) is 32.1 Å². The van der Waals surface area contributed by atoms with E-state index in [9.17, 15) is 97.0 Å². The van der Waals surface area contributed by atoms with Crippen LogP contribution in [0.3, 0.4) is 0 Å². The first-order valence-electron chi connectivity index (χ1n) is 12.5. The van der Waals surface area contributed by atoms with Crippen LogP contribution in [0.15, 0.2) is 0 Å². The summed E-state index contributed by atoms with van der Waals surface area (Å²) in [6, 6.07) is 0. The summed E-state index contributed by atoms with van der Waals surface area (Å²) < 4.78 is 273. The van der Waals surface area contributed by atoms with Crippen LogP contribution in [0.4, 0.5) is 92.2 Å². The number of aliphatic carboxylic acids is 1. The van der Waals surface area contributed by atoms with Crippen molar-refractivity contribution < 1.29 is 102 Å². The Hall–Kier alpha value is -2.53. The minimum absolute atomic E-state index is 0.341. The van der Waals surface area contributed by atoms with Crippen molar-refractivity contribution >= 4 is 11.8 Å². The number of amidine groups is 1. The Morgan fingerprint density at radius 2 is 0.787 bits per heavy atom. The summed E-state index contributed by atoms with van der Waals surface area (Å²) >= 11 is 0. The van der Waals surface area contributed by atoms with Crippen LogP contribution in [-0.2, 0) is 4.79 Å². The number of hydrogen-bond donors (Lipinski definition) is 3. The van der Waals surface area contributed by atoms with Crippen LogP contribution in [0.2, 0.25) is 0 Å². The zero-order valence-electron chi connectivity index (χ0n) is 23.2. The van der Waals surface area contributed by atoms with Gasteiger partial charge >= 0.3 is 65.4 Å². The van der Waals surface area contributed by atoms with E-state index in [2.05, 4.69) is 12.7 Å². The third-order valence-electron chi connectivity index (χ3n) is 5.98. The molecule has 0 aromatic carbocycles. The summed E-state index contributed by atoms with van der Waals surface area (Å²) in [5.41, 5.74) is 4.09. The Bertz CT molecular complexity index is 1040. The van der Waals surface area contributed by atoms with Crippen molar-refractivity contribution in [2.75, 3.05) is 0 Å². The molecule has 0 saturated carbocycles. The van der Waals surface area contributed by atoms with Crippen molar-refractivity contribution in [1.82, 2.24) is 0 Å². The SMILES string of the molecule is CCCCCCCCCC(=O)O.N=C(N)CC(F)(F)C(F)(F)C(F)(F)C(F)(F)C(F)(F)C(F)(F)C(F)(F)C(F)(F)C(F)(F)C(F)(F)F. The molecule has 0 spiro atoms. The van der Waals surface area contributed by atoms with Gasteiger partial charge in [0.05, 0.1) is 12.3 Å².